The van der Waals surface area contributed by atoms with Gasteiger partial charge in [-0.05, 0) is 54.5 Å². The van der Waals surface area contributed by atoms with Crippen molar-refractivity contribution in [3.05, 3.63) is 95.2 Å². The molecule has 3 aromatic carbocycles. The number of halogens is 3. The second-order valence-electron chi connectivity index (χ2n) is 10.2. The molecule has 0 bridgehead atoms. The van der Waals surface area contributed by atoms with Crippen LogP contribution in [0.3, 0.4) is 0 Å². The van der Waals surface area contributed by atoms with Crippen LogP contribution in [0.25, 0.3) is 22.5 Å². The maximum absolute atomic E-state index is 12.9. The van der Waals surface area contributed by atoms with Gasteiger partial charge in [0.25, 0.3) is 0 Å². The molecule has 0 radical (unpaired) electrons. The molecule has 0 spiro atoms. The third-order valence-corrected chi connectivity index (χ3v) is 7.25. The summed E-state index contributed by atoms with van der Waals surface area (Å²) in [4.78, 5) is 23.9. The smallest absolute Gasteiger partial charge is 0.416 e. The van der Waals surface area contributed by atoms with E-state index in [1.165, 1.54) is 6.07 Å². The number of hydrogen-bond acceptors (Lipinski definition) is 5. The molecule has 1 amide bonds. The molecule has 2 N–H and O–H groups in total. The Morgan fingerprint density at radius 3 is 2.22 bits per heavy atom. The van der Waals surface area contributed by atoms with Crippen molar-refractivity contribution in [1.29, 1.82) is 0 Å². The predicted molar refractivity (Wildman–Crippen MR) is 145 cm³/mol. The molecule has 10 heteroatoms. The minimum absolute atomic E-state index is 0.114. The van der Waals surface area contributed by atoms with E-state index in [2.05, 4.69) is 10.5 Å². The Kier molecular flexibility index (Phi) is 7.57. The first-order valence-corrected chi connectivity index (χ1v) is 13.0. The predicted octanol–water partition coefficient (Wildman–Crippen LogP) is 7.53. The number of aromatic nitrogens is 1. The monoisotopic (exact) mass is 564 g/mol. The second kappa shape index (κ2) is 11.1. The van der Waals surface area contributed by atoms with Gasteiger partial charge in [0.05, 0.1) is 17.6 Å². The summed E-state index contributed by atoms with van der Waals surface area (Å²) in [6, 6.07) is 20.2. The molecular weight excluding hydrogens is 537 g/mol. The fourth-order valence-corrected chi connectivity index (χ4v) is 4.65. The van der Waals surface area contributed by atoms with Crippen LogP contribution in [0.1, 0.15) is 35.2 Å². The number of carboxylic acids is 1. The number of carbonyl (C=O) groups excluding carboxylic acids is 1. The van der Waals surface area contributed by atoms with Gasteiger partial charge in [0.1, 0.15) is 11.4 Å². The van der Waals surface area contributed by atoms with Gasteiger partial charge in [-0.2, -0.15) is 13.2 Å². The van der Waals surface area contributed by atoms with Crippen molar-refractivity contribution < 1.29 is 37.1 Å². The van der Waals surface area contributed by atoms with E-state index in [9.17, 15) is 27.9 Å². The lowest BCUT2D eigenvalue weighted by Crippen LogP contribution is -2.17. The SMILES string of the molecule is Cc1noc(-c2ccc(-c3ccc(CC4(C(=O)O)CC4)cc3)cc2)c1NC(=O)OCCc1cccc(C(F)(F)F)c1. The summed E-state index contributed by atoms with van der Waals surface area (Å²) >= 11 is 0. The fourth-order valence-electron chi connectivity index (χ4n) is 4.65. The average Bonchev–Trinajstić information content (AvgIpc) is 3.65. The number of benzene rings is 3. The summed E-state index contributed by atoms with van der Waals surface area (Å²) < 4.78 is 49.4. The lowest BCUT2D eigenvalue weighted by atomic mass is 9.94. The highest BCUT2D eigenvalue weighted by Gasteiger charge is 2.49. The van der Waals surface area contributed by atoms with Crippen molar-refractivity contribution in [1.82, 2.24) is 5.16 Å². The van der Waals surface area contributed by atoms with Gasteiger partial charge < -0.3 is 14.4 Å². The summed E-state index contributed by atoms with van der Waals surface area (Å²) in [5.41, 5.74) is 3.37. The number of aliphatic carboxylic acids is 1. The zero-order valence-electron chi connectivity index (χ0n) is 22.1. The first-order valence-electron chi connectivity index (χ1n) is 13.0. The van der Waals surface area contributed by atoms with Crippen molar-refractivity contribution in [2.45, 2.75) is 38.8 Å². The number of amides is 1. The molecule has 5 rings (SSSR count). The van der Waals surface area contributed by atoms with E-state index in [1.807, 2.05) is 48.5 Å². The Labute approximate surface area is 233 Å². The summed E-state index contributed by atoms with van der Waals surface area (Å²) in [6.45, 7) is 1.55. The van der Waals surface area contributed by atoms with Crippen molar-refractivity contribution in [2.75, 3.05) is 11.9 Å². The molecule has 0 aliphatic heterocycles. The number of nitrogens with one attached hydrogen (secondary N) is 1. The summed E-state index contributed by atoms with van der Waals surface area (Å²) in [6.07, 6.45) is -3.16. The highest BCUT2D eigenvalue weighted by molar-refractivity contribution is 5.91. The highest BCUT2D eigenvalue weighted by Crippen LogP contribution is 2.48. The summed E-state index contributed by atoms with van der Waals surface area (Å²) in [5, 5.41) is 16.0. The molecule has 1 heterocycles. The molecule has 212 valence electrons. The van der Waals surface area contributed by atoms with E-state index in [-0.39, 0.29) is 13.0 Å². The Bertz CT molecular complexity index is 1560. The van der Waals surface area contributed by atoms with Crippen molar-refractivity contribution in [2.24, 2.45) is 5.41 Å². The van der Waals surface area contributed by atoms with Gasteiger partial charge in [0, 0.05) is 12.0 Å². The number of ether oxygens (including phenoxy) is 1. The summed E-state index contributed by atoms with van der Waals surface area (Å²) in [5.74, 6) is -0.403. The Morgan fingerprint density at radius 1 is 0.976 bits per heavy atom. The highest BCUT2D eigenvalue weighted by atomic mass is 19.4. The number of carboxylic acid groups (broad SMARTS) is 1. The largest absolute Gasteiger partial charge is 0.481 e. The number of nitrogens with zero attached hydrogens (tertiary/aromatic N) is 1. The number of carbonyl (C=O) groups is 2. The van der Waals surface area contributed by atoms with E-state index >= 15 is 0 Å². The number of rotatable bonds is 9. The number of alkyl halides is 3. The molecular formula is C31H27F3N2O5. The van der Waals surface area contributed by atoms with Crippen molar-refractivity contribution in [3.63, 3.8) is 0 Å². The molecule has 0 saturated heterocycles. The molecule has 1 aromatic heterocycles. The maximum Gasteiger partial charge on any atom is 0.416 e. The van der Waals surface area contributed by atoms with Crippen LogP contribution >= 0.6 is 0 Å². The van der Waals surface area contributed by atoms with Gasteiger partial charge in [-0.1, -0.05) is 71.9 Å². The van der Waals surface area contributed by atoms with Crippen LogP contribution < -0.4 is 5.32 Å². The van der Waals surface area contributed by atoms with E-state index in [0.29, 0.717) is 47.5 Å². The van der Waals surface area contributed by atoms with Crippen LogP contribution in [-0.4, -0.2) is 28.9 Å². The number of aryl methyl sites for hydroxylation is 1. The molecule has 0 unspecified atom stereocenters. The molecule has 4 aromatic rings. The van der Waals surface area contributed by atoms with Gasteiger partial charge >= 0.3 is 18.2 Å². The molecule has 7 nitrogen and oxygen atoms in total. The minimum atomic E-state index is -4.44. The van der Waals surface area contributed by atoms with Crippen LogP contribution in [0.15, 0.2) is 77.3 Å². The van der Waals surface area contributed by atoms with Crippen molar-refractivity contribution >= 4 is 17.7 Å². The number of anilines is 1. The Balaban J connectivity index is 1.20. The van der Waals surface area contributed by atoms with Gasteiger partial charge in [0.15, 0.2) is 5.76 Å². The van der Waals surface area contributed by atoms with Gasteiger partial charge in [-0.25, -0.2) is 4.79 Å². The van der Waals surface area contributed by atoms with Crippen LogP contribution in [0, 0.1) is 12.3 Å². The zero-order valence-corrected chi connectivity index (χ0v) is 22.1. The average molecular weight is 565 g/mol. The molecule has 1 aliphatic carbocycles. The quantitative estimate of drug-likeness (QED) is 0.218. The maximum atomic E-state index is 12.9. The lowest BCUT2D eigenvalue weighted by molar-refractivity contribution is -0.143. The lowest BCUT2D eigenvalue weighted by Gasteiger charge is -2.11. The Hall–Kier alpha value is -4.60. The molecule has 0 atom stereocenters. The van der Waals surface area contributed by atoms with Crippen LogP contribution in [0.4, 0.5) is 23.7 Å². The van der Waals surface area contributed by atoms with Gasteiger partial charge in [-0.3, -0.25) is 10.1 Å². The first-order chi connectivity index (χ1) is 19.5. The van der Waals surface area contributed by atoms with Crippen LogP contribution in [0.2, 0.25) is 0 Å². The van der Waals surface area contributed by atoms with E-state index < -0.39 is 29.2 Å². The number of hydrogen-bond donors (Lipinski definition) is 2. The van der Waals surface area contributed by atoms with Gasteiger partial charge in [-0.15, -0.1) is 0 Å². The van der Waals surface area contributed by atoms with Crippen LogP contribution in [-0.2, 0) is 28.5 Å². The first kappa shape index (κ1) is 27.9. The zero-order chi connectivity index (χ0) is 29.2. The normalized spacial score (nSPS) is 14.0. The minimum Gasteiger partial charge on any atom is -0.481 e. The topological polar surface area (TPSA) is 102 Å². The fraction of sp³-hybridized carbons (Fsp3) is 0.258. The van der Waals surface area contributed by atoms with Gasteiger partial charge in [0.2, 0.25) is 0 Å². The Morgan fingerprint density at radius 2 is 1.61 bits per heavy atom. The summed E-state index contributed by atoms with van der Waals surface area (Å²) in [7, 11) is 0. The van der Waals surface area contributed by atoms with E-state index in [4.69, 9.17) is 9.26 Å². The molecule has 1 aliphatic rings. The molecule has 41 heavy (non-hydrogen) atoms. The molecule has 1 saturated carbocycles. The van der Waals surface area contributed by atoms with Crippen molar-refractivity contribution in [3.8, 4) is 22.5 Å². The van der Waals surface area contributed by atoms with E-state index in [0.717, 1.165) is 28.8 Å². The third kappa shape index (κ3) is 6.42. The molecule has 1 fully saturated rings. The third-order valence-electron chi connectivity index (χ3n) is 7.25. The second-order valence-corrected chi connectivity index (χ2v) is 10.2. The van der Waals surface area contributed by atoms with Crippen LogP contribution in [0.5, 0.6) is 0 Å². The standard InChI is InChI=1S/C31H27F3N2O5/c1-19-26(35-29(39)40-16-13-20-3-2-4-25(17-20)31(32,33)34)27(41-36-19)24-11-9-23(10-12-24)22-7-5-21(6-8-22)18-30(14-15-30)28(37)38/h2-12,17H,13-16,18H2,1H3,(H,35,39)(H,37,38). The van der Waals surface area contributed by atoms with E-state index in [1.54, 1.807) is 13.0 Å².